The lowest BCUT2D eigenvalue weighted by atomic mass is 11.9. The Morgan fingerprint density at radius 1 is 2.00 bits per heavy atom. The molecule has 0 aliphatic heterocycles. The van der Waals surface area contributed by atoms with Gasteiger partial charge in [-0.05, 0) is 0 Å². The Morgan fingerprint density at radius 3 is 2.25 bits per heavy atom. The molecule has 0 saturated carbocycles. The molecule has 0 fully saturated rings. The Hall–Kier alpha value is 0.137. The van der Waals surface area contributed by atoms with Gasteiger partial charge in [-0.25, -0.2) is 5.15 Å². The van der Waals surface area contributed by atoms with Gasteiger partial charge >= 0.3 is 0 Å². The van der Waals surface area contributed by atoms with Crippen molar-refractivity contribution < 1.29 is 5.21 Å². The topological polar surface area (TPSA) is 32.3 Å². The summed E-state index contributed by atoms with van der Waals surface area (Å²) >= 11 is 0. The van der Waals surface area contributed by atoms with Crippen LogP contribution in [0.2, 0.25) is 6.55 Å². The zero-order valence-electron chi connectivity index (χ0n) is 2.65. The molecule has 0 heterocycles. The average molecular weight is 77.2 g/mol. The highest BCUT2D eigenvalue weighted by Crippen LogP contribution is 1.29. The molecular weight excluding hydrogens is 70.1 g/mol. The predicted octanol–water partition coefficient (Wildman–Crippen LogP) is -0.903. The molecule has 0 amide bonds. The van der Waals surface area contributed by atoms with Gasteiger partial charge in [0.2, 0.25) is 0 Å². The van der Waals surface area contributed by atoms with Crippen LogP contribution in [0, 0.1) is 0 Å². The summed E-state index contributed by atoms with van der Waals surface area (Å²) < 4.78 is 0. The van der Waals surface area contributed by atoms with Crippen LogP contribution in [-0.4, -0.2) is 14.9 Å². The fourth-order valence-corrected chi connectivity index (χ4v) is 0. The summed E-state index contributed by atoms with van der Waals surface area (Å²) in [4.78, 5) is 0. The van der Waals surface area contributed by atoms with Crippen LogP contribution >= 0.6 is 0 Å². The van der Waals surface area contributed by atoms with Gasteiger partial charge in [0.1, 0.15) is 9.68 Å². The van der Waals surface area contributed by atoms with Gasteiger partial charge in [-0.2, -0.15) is 0 Å². The molecule has 0 aromatic rings. The van der Waals surface area contributed by atoms with Crippen molar-refractivity contribution in [1.29, 1.82) is 0 Å². The predicted molar refractivity (Wildman–Crippen MR) is 19.3 cm³/mol. The van der Waals surface area contributed by atoms with Crippen molar-refractivity contribution in [2.75, 3.05) is 0 Å². The number of rotatable bonds is 1. The Morgan fingerprint density at radius 2 is 2.25 bits per heavy atom. The number of hydrogen-bond acceptors (Lipinski definition) is 2. The second-order valence-corrected chi connectivity index (χ2v) is 1.54. The Balaban J connectivity index is 1.97. The van der Waals surface area contributed by atoms with E-state index in [4.69, 9.17) is 5.21 Å². The maximum atomic E-state index is 7.69. The lowest BCUT2D eigenvalue weighted by molar-refractivity contribution is 0.246. The lowest BCUT2D eigenvalue weighted by Crippen LogP contribution is -2.07. The summed E-state index contributed by atoms with van der Waals surface area (Å²) in [6.07, 6.45) is 0. The standard InChI is InChI=1S/CH7NOSi/c1-4-2-3/h2-3H,4H2,1H3. The first-order valence-electron chi connectivity index (χ1n) is 1.28. The SMILES string of the molecule is C[SiH2]NO. The van der Waals surface area contributed by atoms with Crippen molar-refractivity contribution in [3.05, 3.63) is 0 Å². The first-order valence-corrected chi connectivity index (χ1v) is 3.41. The largest absolute Gasteiger partial charge is 0.325 e. The Bertz CT molecular complexity index is 10.0. The molecule has 0 atom stereocenters. The first kappa shape index (κ1) is 4.14. The monoisotopic (exact) mass is 77.0 g/mol. The summed E-state index contributed by atoms with van der Waals surface area (Å²) in [5.74, 6) is 0. The highest BCUT2D eigenvalue weighted by atomic mass is 28.2. The minimum Gasteiger partial charge on any atom is -0.325 e. The highest BCUT2D eigenvalue weighted by molar-refractivity contribution is 6.29. The van der Waals surface area contributed by atoms with Crippen LogP contribution in [0.5, 0.6) is 0 Å². The zero-order chi connectivity index (χ0) is 3.41. The fourth-order valence-electron chi connectivity index (χ4n) is 0. The third kappa shape index (κ3) is 2.14. The molecule has 0 saturated heterocycles. The van der Waals surface area contributed by atoms with Crippen molar-refractivity contribution in [1.82, 2.24) is 5.15 Å². The van der Waals surface area contributed by atoms with Gasteiger partial charge in [0.15, 0.2) is 0 Å². The molecule has 26 valence electrons. The summed E-state index contributed by atoms with van der Waals surface area (Å²) in [5.41, 5.74) is 0. The van der Waals surface area contributed by atoms with Crippen molar-refractivity contribution >= 4 is 9.68 Å². The van der Waals surface area contributed by atoms with E-state index in [-0.39, 0.29) is 9.68 Å². The molecule has 0 aliphatic rings. The van der Waals surface area contributed by atoms with E-state index in [0.717, 1.165) is 0 Å². The van der Waals surface area contributed by atoms with Gasteiger partial charge in [-0.3, -0.25) is 0 Å². The van der Waals surface area contributed by atoms with E-state index in [2.05, 4.69) is 5.15 Å². The highest BCUT2D eigenvalue weighted by Gasteiger charge is 1.55. The van der Waals surface area contributed by atoms with E-state index in [9.17, 15) is 0 Å². The van der Waals surface area contributed by atoms with E-state index in [1.807, 2.05) is 6.55 Å². The second-order valence-electron chi connectivity index (χ2n) is 0.512. The van der Waals surface area contributed by atoms with Gasteiger partial charge < -0.3 is 5.21 Å². The molecule has 0 rings (SSSR count). The lowest BCUT2D eigenvalue weighted by Gasteiger charge is -1.74. The van der Waals surface area contributed by atoms with Gasteiger partial charge in [0.05, 0.1) is 0 Å². The van der Waals surface area contributed by atoms with Crippen LogP contribution in [0.1, 0.15) is 0 Å². The van der Waals surface area contributed by atoms with E-state index in [1.54, 1.807) is 0 Å². The Kier molecular flexibility index (Phi) is 3.24. The fraction of sp³-hybridized carbons (Fsp3) is 1.00. The minimum atomic E-state index is -0.270. The van der Waals surface area contributed by atoms with E-state index in [1.165, 1.54) is 0 Å². The van der Waals surface area contributed by atoms with E-state index >= 15 is 0 Å². The van der Waals surface area contributed by atoms with Gasteiger partial charge in [-0.15, -0.1) is 0 Å². The van der Waals surface area contributed by atoms with E-state index < -0.39 is 0 Å². The quantitative estimate of drug-likeness (QED) is 0.314. The molecule has 4 heavy (non-hydrogen) atoms. The van der Waals surface area contributed by atoms with Gasteiger partial charge in [0, 0.05) is 0 Å². The van der Waals surface area contributed by atoms with Crippen molar-refractivity contribution in [2.45, 2.75) is 6.55 Å². The van der Waals surface area contributed by atoms with Crippen LogP contribution in [0.25, 0.3) is 0 Å². The van der Waals surface area contributed by atoms with Crippen molar-refractivity contribution in [3.63, 3.8) is 0 Å². The van der Waals surface area contributed by atoms with Crippen molar-refractivity contribution in [3.8, 4) is 0 Å². The maximum Gasteiger partial charge on any atom is 0.122 e. The van der Waals surface area contributed by atoms with Crippen LogP contribution in [0.3, 0.4) is 0 Å². The van der Waals surface area contributed by atoms with Crippen LogP contribution < -0.4 is 5.15 Å². The molecule has 0 aliphatic carbocycles. The molecule has 2 nitrogen and oxygen atoms in total. The normalized spacial score (nSPS) is 10.5. The van der Waals surface area contributed by atoms with Gasteiger partial charge in [0.25, 0.3) is 0 Å². The molecule has 2 N–H and O–H groups in total. The average Bonchev–Trinajstić information content (AvgIpc) is 1.37. The molecule has 0 spiro atoms. The summed E-state index contributed by atoms with van der Waals surface area (Å²) in [7, 11) is -0.270. The molecule has 0 unspecified atom stereocenters. The second kappa shape index (κ2) is 3.14. The number of hydrogen-bond donors (Lipinski definition) is 2. The Labute approximate surface area is 27.7 Å². The van der Waals surface area contributed by atoms with Gasteiger partial charge in [-0.1, -0.05) is 6.55 Å². The van der Waals surface area contributed by atoms with Crippen LogP contribution in [0.15, 0.2) is 0 Å². The van der Waals surface area contributed by atoms with Crippen LogP contribution in [-0.2, 0) is 0 Å². The summed E-state index contributed by atoms with van der Waals surface area (Å²) in [6, 6.07) is 0. The van der Waals surface area contributed by atoms with Crippen LogP contribution in [0.4, 0.5) is 0 Å². The molecule has 3 heteroatoms. The summed E-state index contributed by atoms with van der Waals surface area (Å²) in [6.45, 7) is 1.96. The van der Waals surface area contributed by atoms with E-state index in [0.29, 0.717) is 0 Å². The smallest absolute Gasteiger partial charge is 0.122 e. The molecular formula is CH7NOSi. The van der Waals surface area contributed by atoms with Crippen molar-refractivity contribution in [2.24, 2.45) is 0 Å². The molecule has 0 radical (unpaired) electrons. The molecule has 0 aromatic carbocycles. The molecule has 0 aromatic heterocycles. The number of nitrogens with one attached hydrogen (secondary N) is 1. The summed E-state index contributed by atoms with van der Waals surface area (Å²) in [5, 5.41) is 9.76. The third-order valence-corrected chi connectivity index (χ3v) is 0.474. The first-order chi connectivity index (χ1) is 1.91. The zero-order valence-corrected chi connectivity index (χ0v) is 4.07. The maximum absolute atomic E-state index is 7.69. The minimum absolute atomic E-state index is 0.270. The molecule has 0 bridgehead atoms. The third-order valence-electron chi connectivity index (χ3n) is 0.158.